The highest BCUT2D eigenvalue weighted by Gasteiger charge is 2.48. The minimum Gasteiger partial charge on any atom is -0.466 e. The van der Waals surface area contributed by atoms with Gasteiger partial charge in [0.05, 0.1) is 7.11 Å². The lowest BCUT2D eigenvalue weighted by Crippen LogP contribution is -2.12. The van der Waals surface area contributed by atoms with Crippen LogP contribution in [0.5, 0.6) is 0 Å². The van der Waals surface area contributed by atoms with Crippen molar-refractivity contribution >= 4 is 5.97 Å². The van der Waals surface area contributed by atoms with E-state index in [1.54, 1.807) is 11.6 Å². The van der Waals surface area contributed by atoms with Gasteiger partial charge >= 0.3 is 5.97 Å². The molecule has 2 fully saturated rings. The van der Waals surface area contributed by atoms with Gasteiger partial charge in [0.2, 0.25) is 0 Å². The summed E-state index contributed by atoms with van der Waals surface area (Å²) in [5.41, 5.74) is 1.71. The van der Waals surface area contributed by atoms with E-state index in [4.69, 9.17) is 4.74 Å². The summed E-state index contributed by atoms with van der Waals surface area (Å²) >= 11 is 0. The third kappa shape index (κ3) is 1.74. The number of allylic oxidation sites excluding steroid dienone is 3. The first-order valence-corrected chi connectivity index (χ1v) is 6.77. The number of hydrogen-bond donors (Lipinski definition) is 0. The van der Waals surface area contributed by atoms with Crippen molar-refractivity contribution in [3.8, 4) is 0 Å². The molecule has 17 heavy (non-hydrogen) atoms. The van der Waals surface area contributed by atoms with Gasteiger partial charge in [-0.2, -0.15) is 0 Å². The molecule has 0 radical (unpaired) electrons. The molecule has 0 N–H and O–H groups in total. The van der Waals surface area contributed by atoms with Gasteiger partial charge in [0, 0.05) is 6.08 Å². The number of hydrogen-bond acceptors (Lipinski definition) is 2. The first-order chi connectivity index (χ1) is 8.31. The van der Waals surface area contributed by atoms with Crippen molar-refractivity contribution in [1.29, 1.82) is 0 Å². The van der Waals surface area contributed by atoms with Gasteiger partial charge in [0.15, 0.2) is 0 Å². The van der Waals surface area contributed by atoms with E-state index in [-0.39, 0.29) is 5.97 Å². The zero-order valence-corrected chi connectivity index (χ0v) is 10.4. The van der Waals surface area contributed by atoms with E-state index < -0.39 is 0 Å². The highest BCUT2D eigenvalue weighted by atomic mass is 16.5. The van der Waals surface area contributed by atoms with E-state index in [2.05, 4.69) is 12.2 Å². The molecule has 2 nitrogen and oxygen atoms in total. The van der Waals surface area contributed by atoms with Crippen LogP contribution in [0.3, 0.4) is 0 Å². The van der Waals surface area contributed by atoms with Gasteiger partial charge in [0.25, 0.3) is 0 Å². The SMILES string of the molecule is COC(=O)/C=C/[C@@H]1[C@H]2CCC[C@H]2C2=CCC[C@H]21. The fraction of sp³-hybridized carbons (Fsp3) is 0.667. The summed E-state index contributed by atoms with van der Waals surface area (Å²) in [4.78, 5) is 11.2. The molecule has 3 aliphatic rings. The molecule has 0 saturated heterocycles. The molecule has 0 spiro atoms. The molecule has 0 aromatic carbocycles. The molecule has 0 heterocycles. The molecule has 3 aliphatic carbocycles. The van der Waals surface area contributed by atoms with Crippen LogP contribution in [0.4, 0.5) is 0 Å². The monoisotopic (exact) mass is 232 g/mol. The maximum Gasteiger partial charge on any atom is 0.330 e. The molecule has 3 rings (SSSR count). The van der Waals surface area contributed by atoms with Gasteiger partial charge < -0.3 is 4.74 Å². The number of esters is 1. The van der Waals surface area contributed by atoms with Gasteiger partial charge in [-0.05, 0) is 49.4 Å². The van der Waals surface area contributed by atoms with E-state index in [0.717, 1.165) is 17.8 Å². The largest absolute Gasteiger partial charge is 0.466 e. The fourth-order valence-corrected chi connectivity index (χ4v) is 4.28. The molecule has 2 saturated carbocycles. The van der Waals surface area contributed by atoms with Crippen molar-refractivity contribution in [3.05, 3.63) is 23.8 Å². The lowest BCUT2D eigenvalue weighted by molar-refractivity contribution is -0.134. The van der Waals surface area contributed by atoms with Gasteiger partial charge in [0.1, 0.15) is 0 Å². The van der Waals surface area contributed by atoms with E-state index in [9.17, 15) is 4.79 Å². The predicted octanol–water partition coefficient (Wildman–Crippen LogP) is 3.10. The number of methoxy groups -OCH3 is 1. The van der Waals surface area contributed by atoms with Gasteiger partial charge in [-0.15, -0.1) is 0 Å². The molecule has 0 aromatic heterocycles. The van der Waals surface area contributed by atoms with Crippen LogP contribution < -0.4 is 0 Å². The summed E-state index contributed by atoms with van der Waals surface area (Å²) in [5, 5.41) is 0. The second kappa shape index (κ2) is 4.32. The predicted molar refractivity (Wildman–Crippen MR) is 66.3 cm³/mol. The minimum atomic E-state index is -0.213. The Morgan fingerprint density at radius 1 is 1.35 bits per heavy atom. The summed E-state index contributed by atoms with van der Waals surface area (Å²) in [6, 6.07) is 0. The van der Waals surface area contributed by atoms with Crippen LogP contribution in [0.2, 0.25) is 0 Å². The first kappa shape index (κ1) is 11.1. The van der Waals surface area contributed by atoms with E-state index in [1.807, 2.05) is 0 Å². The Bertz CT molecular complexity index is 380. The van der Waals surface area contributed by atoms with Crippen LogP contribution in [0.1, 0.15) is 32.1 Å². The van der Waals surface area contributed by atoms with E-state index >= 15 is 0 Å². The Morgan fingerprint density at radius 3 is 3.06 bits per heavy atom. The van der Waals surface area contributed by atoms with Gasteiger partial charge in [-0.25, -0.2) is 4.79 Å². The topological polar surface area (TPSA) is 26.3 Å². The summed E-state index contributed by atoms with van der Waals surface area (Å²) in [6.45, 7) is 0. The third-order valence-corrected chi connectivity index (χ3v) is 4.90. The zero-order valence-electron chi connectivity index (χ0n) is 10.4. The summed E-state index contributed by atoms with van der Waals surface area (Å²) < 4.78 is 4.69. The quantitative estimate of drug-likeness (QED) is 0.415. The summed E-state index contributed by atoms with van der Waals surface area (Å²) in [5.74, 6) is 2.73. The second-order valence-electron chi connectivity index (χ2n) is 5.55. The Morgan fingerprint density at radius 2 is 2.24 bits per heavy atom. The first-order valence-electron chi connectivity index (χ1n) is 6.77. The molecule has 4 atom stereocenters. The Kier molecular flexibility index (Phi) is 2.81. The van der Waals surface area contributed by atoms with Crippen molar-refractivity contribution in [2.24, 2.45) is 23.7 Å². The fourth-order valence-electron chi connectivity index (χ4n) is 4.28. The molecule has 2 heteroatoms. The molecule has 0 unspecified atom stereocenters. The van der Waals surface area contributed by atoms with Gasteiger partial charge in [-0.3, -0.25) is 0 Å². The average molecular weight is 232 g/mol. The van der Waals surface area contributed by atoms with Crippen molar-refractivity contribution in [3.63, 3.8) is 0 Å². The molecule has 0 bridgehead atoms. The number of carbonyl (C=O) groups is 1. The Labute approximate surface area is 103 Å². The maximum absolute atomic E-state index is 11.2. The molecular weight excluding hydrogens is 212 g/mol. The highest BCUT2D eigenvalue weighted by molar-refractivity contribution is 5.81. The van der Waals surface area contributed by atoms with Crippen molar-refractivity contribution in [2.45, 2.75) is 32.1 Å². The summed E-state index contributed by atoms with van der Waals surface area (Å²) in [6.07, 6.45) is 12.9. The molecule has 0 amide bonds. The van der Waals surface area contributed by atoms with Crippen LogP contribution in [-0.2, 0) is 9.53 Å². The Balaban J connectivity index is 1.81. The highest BCUT2D eigenvalue weighted by Crippen LogP contribution is 2.57. The van der Waals surface area contributed by atoms with Crippen molar-refractivity contribution in [1.82, 2.24) is 0 Å². The Hall–Kier alpha value is -1.05. The normalized spacial score (nSPS) is 39.2. The van der Waals surface area contributed by atoms with Crippen molar-refractivity contribution < 1.29 is 9.53 Å². The number of rotatable bonds is 2. The molecule has 92 valence electrons. The van der Waals surface area contributed by atoms with Crippen LogP contribution in [-0.4, -0.2) is 13.1 Å². The average Bonchev–Trinajstić information content (AvgIpc) is 2.99. The zero-order chi connectivity index (χ0) is 11.8. The van der Waals surface area contributed by atoms with E-state index in [0.29, 0.717) is 5.92 Å². The molecule has 0 aromatic rings. The lowest BCUT2D eigenvalue weighted by atomic mass is 9.86. The molecular formula is C15H20O2. The smallest absolute Gasteiger partial charge is 0.330 e. The van der Waals surface area contributed by atoms with Gasteiger partial charge in [-0.1, -0.05) is 24.1 Å². The van der Waals surface area contributed by atoms with Crippen LogP contribution >= 0.6 is 0 Å². The number of carbonyl (C=O) groups excluding carboxylic acids is 1. The summed E-state index contributed by atoms with van der Waals surface area (Å²) in [7, 11) is 1.45. The third-order valence-electron chi connectivity index (χ3n) is 4.90. The second-order valence-corrected chi connectivity index (χ2v) is 5.55. The minimum absolute atomic E-state index is 0.213. The lowest BCUT2D eigenvalue weighted by Gasteiger charge is -2.18. The maximum atomic E-state index is 11.2. The van der Waals surface area contributed by atoms with Crippen LogP contribution in [0.15, 0.2) is 23.8 Å². The van der Waals surface area contributed by atoms with E-state index in [1.165, 1.54) is 39.2 Å². The van der Waals surface area contributed by atoms with Crippen LogP contribution in [0, 0.1) is 23.7 Å². The van der Waals surface area contributed by atoms with Crippen molar-refractivity contribution in [2.75, 3.05) is 7.11 Å². The van der Waals surface area contributed by atoms with Crippen LogP contribution in [0.25, 0.3) is 0 Å². The standard InChI is InChI=1S/C15H20O2/c1-17-15(16)9-8-14-12-6-2-4-10(12)11-5-3-7-13(11)14/h4,8-9,11-14H,2-3,5-7H2,1H3/b9-8+/t11-,12+,13-,14-/m0/s1. The number of ether oxygens (including phenoxy) is 1. The number of fused-ring (bicyclic) bond motifs is 3. The molecule has 0 aliphatic heterocycles.